The second-order valence-electron chi connectivity index (χ2n) is 2.54. The molecule has 2 N–H and O–H groups in total. The van der Waals surface area contributed by atoms with Crippen molar-refractivity contribution in [1.29, 1.82) is 0 Å². The van der Waals surface area contributed by atoms with Gasteiger partial charge < -0.3 is 5.73 Å². The molecule has 0 unspecified atom stereocenters. The minimum absolute atomic E-state index is 0.0438. The molecular formula is C9H6F2N4. The fourth-order valence-corrected chi connectivity index (χ4v) is 0.872. The number of azide groups is 1. The Morgan fingerprint density at radius 2 is 2.07 bits per heavy atom. The molecule has 1 aromatic carbocycles. The zero-order valence-electron chi connectivity index (χ0n) is 7.54. The van der Waals surface area contributed by atoms with Crippen LogP contribution in [0.3, 0.4) is 0 Å². The van der Waals surface area contributed by atoms with Crippen molar-refractivity contribution in [2.24, 2.45) is 5.11 Å². The van der Waals surface area contributed by atoms with E-state index in [1.165, 1.54) is 0 Å². The summed E-state index contributed by atoms with van der Waals surface area (Å²) in [4.78, 5) is 2.48. The maximum Gasteiger partial charge on any atom is 0.160 e. The van der Waals surface area contributed by atoms with Gasteiger partial charge >= 0.3 is 0 Å². The van der Waals surface area contributed by atoms with Crippen LogP contribution in [0, 0.1) is 23.5 Å². The summed E-state index contributed by atoms with van der Waals surface area (Å²) in [7, 11) is 0. The van der Waals surface area contributed by atoms with Crippen LogP contribution >= 0.6 is 0 Å². The number of hydrogen-bond acceptors (Lipinski definition) is 2. The van der Waals surface area contributed by atoms with Gasteiger partial charge in [-0.05, 0) is 11.6 Å². The third-order valence-electron chi connectivity index (χ3n) is 1.53. The number of nitrogens with zero attached hydrogens (tertiary/aromatic N) is 3. The van der Waals surface area contributed by atoms with Gasteiger partial charge in [0.25, 0.3) is 0 Å². The predicted molar refractivity (Wildman–Crippen MR) is 51.7 cm³/mol. The van der Waals surface area contributed by atoms with Crippen LogP contribution in [0.25, 0.3) is 10.4 Å². The molecule has 0 saturated carbocycles. The highest BCUT2D eigenvalue weighted by atomic mass is 19.2. The van der Waals surface area contributed by atoms with Crippen molar-refractivity contribution in [3.8, 4) is 11.8 Å². The van der Waals surface area contributed by atoms with Gasteiger partial charge in [-0.2, -0.15) is 0 Å². The van der Waals surface area contributed by atoms with Crippen molar-refractivity contribution in [3.05, 3.63) is 39.8 Å². The number of nitrogen functional groups attached to an aromatic ring is 1. The first-order valence-electron chi connectivity index (χ1n) is 3.89. The lowest BCUT2D eigenvalue weighted by Crippen LogP contribution is -1.94. The van der Waals surface area contributed by atoms with E-state index in [0.29, 0.717) is 0 Å². The van der Waals surface area contributed by atoms with Crippen LogP contribution in [0.15, 0.2) is 17.2 Å². The molecule has 15 heavy (non-hydrogen) atoms. The summed E-state index contributed by atoms with van der Waals surface area (Å²) in [6, 6.07) is 1.75. The first kappa shape index (κ1) is 10.8. The smallest absolute Gasteiger partial charge is 0.160 e. The molecule has 0 heterocycles. The maximum absolute atomic E-state index is 12.8. The van der Waals surface area contributed by atoms with E-state index in [-0.39, 0.29) is 17.8 Å². The van der Waals surface area contributed by atoms with Gasteiger partial charge in [0.05, 0.1) is 17.8 Å². The second kappa shape index (κ2) is 4.84. The molecule has 0 spiro atoms. The number of benzene rings is 1. The van der Waals surface area contributed by atoms with Gasteiger partial charge in [-0.25, -0.2) is 8.78 Å². The summed E-state index contributed by atoms with van der Waals surface area (Å²) in [5.74, 6) is 2.88. The van der Waals surface area contributed by atoms with Crippen LogP contribution in [0.1, 0.15) is 5.56 Å². The number of anilines is 1. The minimum atomic E-state index is -1.02. The molecule has 1 aromatic rings. The molecule has 0 aliphatic rings. The Bertz CT molecular complexity index is 481. The van der Waals surface area contributed by atoms with Gasteiger partial charge in [-0.3, -0.25) is 0 Å². The molecule has 6 heteroatoms. The third kappa shape index (κ3) is 2.86. The Kier molecular flexibility index (Phi) is 3.49. The lowest BCUT2D eigenvalue weighted by atomic mass is 10.2. The molecule has 0 radical (unpaired) electrons. The quantitative estimate of drug-likeness (QED) is 0.248. The summed E-state index contributed by atoms with van der Waals surface area (Å²) in [5, 5.41) is 3.15. The van der Waals surface area contributed by atoms with Crippen LogP contribution < -0.4 is 5.73 Å². The van der Waals surface area contributed by atoms with Gasteiger partial charge in [0.2, 0.25) is 0 Å². The van der Waals surface area contributed by atoms with Crippen molar-refractivity contribution >= 4 is 5.69 Å². The largest absolute Gasteiger partial charge is 0.398 e. The average molecular weight is 208 g/mol. The van der Waals surface area contributed by atoms with Crippen LogP contribution in [-0.4, -0.2) is 6.54 Å². The monoisotopic (exact) mass is 208 g/mol. The van der Waals surface area contributed by atoms with Gasteiger partial charge in [-0.1, -0.05) is 17.0 Å². The molecule has 0 bridgehead atoms. The normalized spacial score (nSPS) is 8.67. The number of nitrogens with two attached hydrogens (primary N) is 1. The van der Waals surface area contributed by atoms with E-state index in [4.69, 9.17) is 11.3 Å². The Morgan fingerprint density at radius 1 is 1.40 bits per heavy atom. The molecule has 0 atom stereocenters. The molecule has 0 fully saturated rings. The fourth-order valence-electron chi connectivity index (χ4n) is 0.872. The van der Waals surface area contributed by atoms with E-state index in [1.54, 1.807) is 0 Å². The molecule has 0 saturated heterocycles. The van der Waals surface area contributed by atoms with Gasteiger partial charge in [-0.15, -0.1) is 0 Å². The highest BCUT2D eigenvalue weighted by molar-refractivity contribution is 5.56. The van der Waals surface area contributed by atoms with E-state index in [1.807, 2.05) is 0 Å². The van der Waals surface area contributed by atoms with E-state index in [2.05, 4.69) is 21.9 Å². The lowest BCUT2D eigenvalue weighted by molar-refractivity contribution is 0.509. The molecule has 76 valence electrons. The first-order valence-corrected chi connectivity index (χ1v) is 3.89. The maximum atomic E-state index is 12.8. The summed E-state index contributed by atoms with van der Waals surface area (Å²) in [6.45, 7) is -0.0467. The van der Waals surface area contributed by atoms with E-state index < -0.39 is 11.6 Å². The molecule has 0 amide bonds. The average Bonchev–Trinajstić information content (AvgIpc) is 2.20. The van der Waals surface area contributed by atoms with Crippen molar-refractivity contribution in [2.45, 2.75) is 0 Å². The van der Waals surface area contributed by atoms with Crippen molar-refractivity contribution < 1.29 is 8.78 Å². The van der Waals surface area contributed by atoms with E-state index >= 15 is 0 Å². The zero-order valence-corrected chi connectivity index (χ0v) is 7.54. The molecule has 0 aliphatic carbocycles. The van der Waals surface area contributed by atoms with Crippen LogP contribution in [0.5, 0.6) is 0 Å². The van der Waals surface area contributed by atoms with Gasteiger partial charge in [0.15, 0.2) is 11.6 Å². The lowest BCUT2D eigenvalue weighted by Gasteiger charge is -1.98. The fraction of sp³-hybridized carbons (Fsp3) is 0.111. The molecule has 1 rings (SSSR count). The van der Waals surface area contributed by atoms with Crippen molar-refractivity contribution in [1.82, 2.24) is 0 Å². The van der Waals surface area contributed by atoms with E-state index in [9.17, 15) is 8.78 Å². The highest BCUT2D eigenvalue weighted by Crippen LogP contribution is 2.15. The molecule has 4 nitrogen and oxygen atoms in total. The van der Waals surface area contributed by atoms with Gasteiger partial charge in [0.1, 0.15) is 0 Å². The van der Waals surface area contributed by atoms with Crippen LogP contribution in [0.2, 0.25) is 0 Å². The zero-order chi connectivity index (χ0) is 11.3. The summed E-state index contributed by atoms with van der Waals surface area (Å²) in [5.41, 5.74) is 13.6. The minimum Gasteiger partial charge on any atom is -0.398 e. The van der Waals surface area contributed by atoms with Crippen LogP contribution in [0.4, 0.5) is 14.5 Å². The molecule has 0 aliphatic heterocycles. The highest BCUT2D eigenvalue weighted by Gasteiger charge is 2.05. The SMILES string of the molecule is [N-]=[N+]=NCC#Cc1cc(F)c(F)cc1N. The van der Waals surface area contributed by atoms with Crippen molar-refractivity contribution in [2.75, 3.05) is 12.3 Å². The standard InChI is InChI=1S/C9H6F2N4/c10-7-4-6(2-1-3-14-15-13)9(12)5-8(7)11/h4-5H,3,12H2. The third-order valence-corrected chi connectivity index (χ3v) is 1.53. The Labute approximate surface area is 84.3 Å². The topological polar surface area (TPSA) is 74.8 Å². The molecule has 0 aromatic heterocycles. The Balaban J connectivity index is 2.98. The number of rotatable bonds is 1. The Morgan fingerprint density at radius 3 is 2.73 bits per heavy atom. The number of halogens is 2. The van der Waals surface area contributed by atoms with Gasteiger partial charge in [0, 0.05) is 11.0 Å². The van der Waals surface area contributed by atoms with Crippen molar-refractivity contribution in [3.63, 3.8) is 0 Å². The summed E-state index contributed by atoms with van der Waals surface area (Å²) >= 11 is 0. The summed E-state index contributed by atoms with van der Waals surface area (Å²) < 4.78 is 25.4. The first-order chi connectivity index (χ1) is 7.15. The Hall–Kier alpha value is -2.25. The summed E-state index contributed by atoms with van der Waals surface area (Å²) in [6.07, 6.45) is 0. The number of hydrogen-bond donors (Lipinski definition) is 1. The van der Waals surface area contributed by atoms with E-state index in [0.717, 1.165) is 12.1 Å². The van der Waals surface area contributed by atoms with Crippen LogP contribution in [-0.2, 0) is 0 Å². The second-order valence-corrected chi connectivity index (χ2v) is 2.54. The predicted octanol–water partition coefficient (Wildman–Crippen LogP) is 2.21. The molecular weight excluding hydrogens is 202 g/mol.